The zero-order valence-corrected chi connectivity index (χ0v) is 11.2. The van der Waals surface area contributed by atoms with Gasteiger partial charge in [-0.1, -0.05) is 17.8 Å². The Morgan fingerprint density at radius 3 is 2.40 bits per heavy atom. The van der Waals surface area contributed by atoms with Gasteiger partial charge < -0.3 is 9.84 Å². The second kappa shape index (κ2) is 5.92. The number of methoxy groups -OCH3 is 1. The van der Waals surface area contributed by atoms with Crippen LogP contribution in [-0.2, 0) is 0 Å². The fraction of sp³-hybridized carbons (Fsp3) is 0.0714. The lowest BCUT2D eigenvalue weighted by atomic mass is 10.2. The van der Waals surface area contributed by atoms with Crippen molar-refractivity contribution in [3.63, 3.8) is 0 Å². The molecule has 0 saturated heterocycles. The molecule has 3 nitrogen and oxygen atoms in total. The maximum Gasteiger partial charge on any atom is 0.335 e. The minimum absolute atomic E-state index is 0.247. The van der Waals surface area contributed by atoms with Crippen LogP contribution < -0.4 is 4.74 Å². The fourth-order valence-corrected chi connectivity index (χ4v) is 2.43. The van der Waals surface area contributed by atoms with Gasteiger partial charge >= 0.3 is 5.97 Å². The Hall–Kier alpha value is -2.08. The van der Waals surface area contributed by atoms with Gasteiger partial charge in [0.1, 0.15) is 17.4 Å². The Morgan fingerprint density at radius 1 is 1.20 bits per heavy atom. The minimum atomic E-state index is -1.37. The number of rotatable bonds is 4. The van der Waals surface area contributed by atoms with Crippen LogP contribution in [0.15, 0.2) is 46.2 Å². The normalized spacial score (nSPS) is 10.3. The Balaban J connectivity index is 2.36. The van der Waals surface area contributed by atoms with Gasteiger partial charge in [0.2, 0.25) is 0 Å². The van der Waals surface area contributed by atoms with E-state index >= 15 is 0 Å². The van der Waals surface area contributed by atoms with Crippen LogP contribution in [0, 0.1) is 11.6 Å². The van der Waals surface area contributed by atoms with E-state index in [-0.39, 0.29) is 4.90 Å². The first kappa shape index (κ1) is 14.3. The Kier molecular flexibility index (Phi) is 4.24. The number of carboxylic acids is 1. The van der Waals surface area contributed by atoms with Crippen LogP contribution in [0.1, 0.15) is 10.4 Å². The van der Waals surface area contributed by atoms with Gasteiger partial charge in [0.25, 0.3) is 0 Å². The van der Waals surface area contributed by atoms with Crippen molar-refractivity contribution >= 4 is 17.7 Å². The van der Waals surface area contributed by atoms with Crippen molar-refractivity contribution in [2.45, 2.75) is 9.79 Å². The third-order valence-corrected chi connectivity index (χ3v) is 3.59. The summed E-state index contributed by atoms with van der Waals surface area (Å²) in [5, 5.41) is 8.73. The molecule has 0 aliphatic carbocycles. The van der Waals surface area contributed by atoms with Gasteiger partial charge in [-0.05, 0) is 30.3 Å². The van der Waals surface area contributed by atoms with Gasteiger partial charge in [0, 0.05) is 4.90 Å². The summed E-state index contributed by atoms with van der Waals surface area (Å²) in [5.41, 5.74) is -0.421. The lowest BCUT2D eigenvalue weighted by Gasteiger charge is -2.07. The SMILES string of the molecule is COc1cccc(Sc2c(F)cc(C(=O)O)cc2F)c1. The molecule has 0 bridgehead atoms. The lowest BCUT2D eigenvalue weighted by Crippen LogP contribution is -2.00. The van der Waals surface area contributed by atoms with E-state index in [2.05, 4.69) is 0 Å². The minimum Gasteiger partial charge on any atom is -0.497 e. The molecular formula is C14H10F2O3S. The number of halogens is 2. The number of hydrogen-bond donors (Lipinski definition) is 1. The molecule has 0 saturated carbocycles. The molecule has 2 rings (SSSR count). The summed E-state index contributed by atoms with van der Waals surface area (Å²) < 4.78 is 32.6. The number of ether oxygens (including phenoxy) is 1. The summed E-state index contributed by atoms with van der Waals surface area (Å²) in [4.78, 5) is 11.0. The Morgan fingerprint density at radius 2 is 1.85 bits per heavy atom. The molecule has 104 valence electrons. The molecule has 0 aliphatic rings. The maximum absolute atomic E-state index is 13.8. The van der Waals surface area contributed by atoms with E-state index in [1.54, 1.807) is 24.3 Å². The van der Waals surface area contributed by atoms with Crippen molar-refractivity contribution in [3.8, 4) is 5.75 Å². The number of carbonyl (C=O) groups is 1. The van der Waals surface area contributed by atoms with Crippen LogP contribution in [0.3, 0.4) is 0 Å². The molecule has 1 N–H and O–H groups in total. The zero-order chi connectivity index (χ0) is 14.7. The molecule has 0 aliphatic heterocycles. The van der Waals surface area contributed by atoms with Crippen molar-refractivity contribution in [3.05, 3.63) is 53.6 Å². The first-order valence-corrected chi connectivity index (χ1v) is 6.37. The second-order valence-corrected chi connectivity index (χ2v) is 4.94. The summed E-state index contributed by atoms with van der Waals surface area (Å²) in [6.45, 7) is 0. The Labute approximate surface area is 118 Å². The summed E-state index contributed by atoms with van der Waals surface area (Å²) in [7, 11) is 1.49. The number of benzene rings is 2. The van der Waals surface area contributed by atoms with E-state index in [9.17, 15) is 13.6 Å². The van der Waals surface area contributed by atoms with Crippen LogP contribution in [-0.4, -0.2) is 18.2 Å². The van der Waals surface area contributed by atoms with E-state index in [0.29, 0.717) is 10.6 Å². The van der Waals surface area contributed by atoms with E-state index in [1.165, 1.54) is 7.11 Å². The third kappa shape index (κ3) is 3.08. The average Bonchev–Trinajstić information content (AvgIpc) is 2.42. The maximum atomic E-state index is 13.8. The van der Waals surface area contributed by atoms with Crippen molar-refractivity contribution in [1.82, 2.24) is 0 Å². The largest absolute Gasteiger partial charge is 0.497 e. The summed E-state index contributed by atoms with van der Waals surface area (Å²) in [6, 6.07) is 8.32. The van der Waals surface area contributed by atoms with E-state index in [4.69, 9.17) is 9.84 Å². The predicted octanol–water partition coefficient (Wildman–Crippen LogP) is 3.82. The fourth-order valence-electron chi connectivity index (χ4n) is 1.56. The van der Waals surface area contributed by atoms with Crippen LogP contribution in [0.2, 0.25) is 0 Å². The van der Waals surface area contributed by atoms with Crippen LogP contribution in [0.5, 0.6) is 5.75 Å². The molecule has 0 fully saturated rings. The molecule has 0 amide bonds. The van der Waals surface area contributed by atoms with Gasteiger partial charge in [-0.2, -0.15) is 0 Å². The molecule has 0 heterocycles. The average molecular weight is 296 g/mol. The highest BCUT2D eigenvalue weighted by Crippen LogP contribution is 2.34. The number of carboxylic acid groups (broad SMARTS) is 1. The van der Waals surface area contributed by atoms with E-state index in [0.717, 1.165) is 23.9 Å². The smallest absolute Gasteiger partial charge is 0.335 e. The standard InChI is InChI=1S/C14H10F2O3S/c1-19-9-3-2-4-10(7-9)20-13-11(15)5-8(14(17)18)6-12(13)16/h2-7H,1H3,(H,17,18). The molecule has 2 aromatic rings. The monoisotopic (exact) mass is 296 g/mol. The zero-order valence-electron chi connectivity index (χ0n) is 10.4. The van der Waals surface area contributed by atoms with Crippen LogP contribution in [0.25, 0.3) is 0 Å². The van der Waals surface area contributed by atoms with Gasteiger partial charge in [-0.25, -0.2) is 13.6 Å². The molecule has 0 spiro atoms. The highest BCUT2D eigenvalue weighted by Gasteiger charge is 2.16. The van der Waals surface area contributed by atoms with Crippen molar-refractivity contribution in [2.75, 3.05) is 7.11 Å². The first-order valence-electron chi connectivity index (χ1n) is 5.55. The van der Waals surface area contributed by atoms with Gasteiger partial charge in [0.05, 0.1) is 17.6 Å². The molecule has 20 heavy (non-hydrogen) atoms. The third-order valence-electron chi connectivity index (χ3n) is 2.51. The van der Waals surface area contributed by atoms with Crippen LogP contribution in [0.4, 0.5) is 8.78 Å². The van der Waals surface area contributed by atoms with E-state index < -0.39 is 23.2 Å². The predicted molar refractivity (Wildman–Crippen MR) is 70.4 cm³/mol. The molecule has 0 aromatic heterocycles. The number of hydrogen-bond acceptors (Lipinski definition) is 3. The molecule has 0 radical (unpaired) electrons. The summed E-state index contributed by atoms with van der Waals surface area (Å²) in [6.07, 6.45) is 0. The van der Waals surface area contributed by atoms with Crippen molar-refractivity contribution in [2.24, 2.45) is 0 Å². The highest BCUT2D eigenvalue weighted by molar-refractivity contribution is 7.99. The summed E-state index contributed by atoms with van der Waals surface area (Å²) in [5.74, 6) is -2.62. The van der Waals surface area contributed by atoms with Crippen molar-refractivity contribution in [1.29, 1.82) is 0 Å². The highest BCUT2D eigenvalue weighted by atomic mass is 32.2. The van der Waals surface area contributed by atoms with E-state index in [1.807, 2.05) is 0 Å². The lowest BCUT2D eigenvalue weighted by molar-refractivity contribution is 0.0695. The quantitative estimate of drug-likeness (QED) is 0.931. The van der Waals surface area contributed by atoms with Crippen LogP contribution >= 0.6 is 11.8 Å². The molecule has 0 atom stereocenters. The van der Waals surface area contributed by atoms with Gasteiger partial charge in [0.15, 0.2) is 0 Å². The second-order valence-electron chi connectivity index (χ2n) is 3.86. The van der Waals surface area contributed by atoms with Crippen molar-refractivity contribution < 1.29 is 23.4 Å². The topological polar surface area (TPSA) is 46.5 Å². The van der Waals surface area contributed by atoms with Gasteiger partial charge in [-0.15, -0.1) is 0 Å². The summed E-state index contributed by atoms with van der Waals surface area (Å²) >= 11 is 0.868. The van der Waals surface area contributed by atoms with Gasteiger partial charge in [-0.3, -0.25) is 0 Å². The number of aromatic carboxylic acids is 1. The Bertz CT molecular complexity index is 636. The molecular weight excluding hydrogens is 286 g/mol. The molecule has 2 aromatic carbocycles. The molecule has 6 heteroatoms. The molecule has 0 unspecified atom stereocenters. The first-order chi connectivity index (χ1) is 9.51.